The maximum absolute atomic E-state index is 12.9. The van der Waals surface area contributed by atoms with Crippen molar-refractivity contribution in [1.29, 1.82) is 0 Å². The number of aromatic nitrogens is 3. The molecule has 0 aromatic carbocycles. The Bertz CT molecular complexity index is 847. The summed E-state index contributed by atoms with van der Waals surface area (Å²) in [6.45, 7) is 4.74. The molecule has 2 aromatic rings. The predicted octanol–water partition coefficient (Wildman–Crippen LogP) is 1.97. The predicted molar refractivity (Wildman–Crippen MR) is 91.1 cm³/mol. The van der Waals surface area contributed by atoms with Gasteiger partial charge in [0.1, 0.15) is 0 Å². The van der Waals surface area contributed by atoms with E-state index >= 15 is 0 Å². The molecule has 0 radical (unpaired) electrons. The van der Waals surface area contributed by atoms with E-state index in [9.17, 15) is 9.59 Å². The lowest BCUT2D eigenvalue weighted by Gasteiger charge is -2.37. The molecule has 2 aromatic heterocycles. The average molecular weight is 328 g/mol. The third kappa shape index (κ3) is 2.44. The van der Waals surface area contributed by atoms with Gasteiger partial charge < -0.3 is 4.90 Å². The van der Waals surface area contributed by atoms with Crippen LogP contribution < -0.4 is 5.56 Å². The topological polar surface area (TPSA) is 70.5 Å². The fourth-order valence-corrected chi connectivity index (χ4v) is 4.28. The third-order valence-corrected chi connectivity index (χ3v) is 5.84. The molecular formula is C18H24N4O2. The quantitative estimate of drug-likeness (QED) is 0.936. The summed E-state index contributed by atoms with van der Waals surface area (Å²) in [6, 6.07) is 1.92. The molecule has 1 atom stereocenters. The fourth-order valence-electron chi connectivity index (χ4n) is 4.28. The Balaban J connectivity index is 1.61. The van der Waals surface area contributed by atoms with E-state index in [-0.39, 0.29) is 11.5 Å². The number of nitrogens with one attached hydrogen (secondary N) is 1. The highest BCUT2D eigenvalue weighted by atomic mass is 16.2. The van der Waals surface area contributed by atoms with Crippen molar-refractivity contribution >= 4 is 11.6 Å². The number of hydrogen-bond acceptors (Lipinski definition) is 3. The summed E-state index contributed by atoms with van der Waals surface area (Å²) < 4.78 is 1.69. The van der Waals surface area contributed by atoms with Gasteiger partial charge in [-0.2, -0.15) is 0 Å². The minimum absolute atomic E-state index is 0.168. The summed E-state index contributed by atoms with van der Waals surface area (Å²) >= 11 is 0. The molecule has 2 aliphatic rings. The largest absolute Gasteiger partial charge is 0.339 e. The molecule has 1 aliphatic heterocycles. The lowest BCUT2D eigenvalue weighted by Crippen LogP contribution is -2.43. The van der Waals surface area contributed by atoms with Crippen molar-refractivity contribution in [2.45, 2.75) is 58.4 Å². The molecule has 6 nitrogen and oxygen atoms in total. The van der Waals surface area contributed by atoms with Crippen molar-refractivity contribution in [3.05, 3.63) is 33.4 Å². The summed E-state index contributed by atoms with van der Waals surface area (Å²) in [6.07, 6.45) is 6.48. The van der Waals surface area contributed by atoms with Crippen molar-refractivity contribution in [2.24, 2.45) is 5.92 Å². The van der Waals surface area contributed by atoms with Gasteiger partial charge in [0.15, 0.2) is 5.65 Å². The Labute approximate surface area is 140 Å². The molecule has 1 saturated heterocycles. The molecule has 6 heteroatoms. The molecule has 0 bridgehead atoms. The van der Waals surface area contributed by atoms with Gasteiger partial charge in [0.25, 0.3) is 5.56 Å². The standard InChI is InChI=1S/C18H24N4O2/c1-11-14(12(2)22-16(19-11)10-17(23)20-22)9-18(24)21-8-4-7-15(21)13-5-3-6-13/h10,13,15H,3-9H2,1-2H3,(H,20,23)/t15-/m0/s1. The summed E-state index contributed by atoms with van der Waals surface area (Å²) in [4.78, 5) is 31.1. The van der Waals surface area contributed by atoms with E-state index in [1.54, 1.807) is 4.52 Å². The number of likely N-dealkylation sites (tertiary alicyclic amines) is 1. The number of hydrogen-bond donors (Lipinski definition) is 1. The SMILES string of the molecule is Cc1nc2cc(=O)[nH]n2c(C)c1CC(=O)N1CCC[C@H]1C1CCC1. The van der Waals surface area contributed by atoms with E-state index < -0.39 is 0 Å². The molecule has 1 N–H and O–H groups in total. The molecular weight excluding hydrogens is 304 g/mol. The minimum atomic E-state index is -0.168. The van der Waals surface area contributed by atoms with Gasteiger partial charge >= 0.3 is 0 Å². The van der Waals surface area contributed by atoms with Crippen molar-refractivity contribution < 1.29 is 4.79 Å². The molecule has 2 fully saturated rings. The second-order valence-electron chi connectivity index (χ2n) is 7.24. The van der Waals surface area contributed by atoms with Gasteiger partial charge in [-0.1, -0.05) is 6.42 Å². The van der Waals surface area contributed by atoms with E-state index in [0.717, 1.165) is 36.3 Å². The maximum Gasteiger partial charge on any atom is 0.266 e. The first-order valence-corrected chi connectivity index (χ1v) is 8.92. The Morgan fingerprint density at radius 2 is 2.08 bits per heavy atom. The summed E-state index contributed by atoms with van der Waals surface area (Å²) in [7, 11) is 0. The molecule has 1 aliphatic carbocycles. The second-order valence-corrected chi connectivity index (χ2v) is 7.24. The van der Waals surface area contributed by atoms with E-state index in [1.165, 1.54) is 25.3 Å². The summed E-state index contributed by atoms with van der Waals surface area (Å²) in [5.41, 5.74) is 3.10. The Morgan fingerprint density at radius 1 is 1.29 bits per heavy atom. The molecule has 1 amide bonds. The highest BCUT2D eigenvalue weighted by Gasteiger charge is 2.37. The second kappa shape index (κ2) is 5.76. The van der Waals surface area contributed by atoms with Crippen LogP contribution in [-0.4, -0.2) is 38.0 Å². The normalized spacial score (nSPS) is 21.4. The zero-order valence-corrected chi connectivity index (χ0v) is 14.3. The number of H-pyrrole nitrogens is 1. The van der Waals surface area contributed by atoms with Crippen LogP contribution in [0.15, 0.2) is 10.9 Å². The molecule has 3 heterocycles. The summed E-state index contributed by atoms with van der Waals surface area (Å²) in [5, 5.41) is 2.76. The molecule has 0 unspecified atom stereocenters. The first kappa shape index (κ1) is 15.4. The number of nitrogens with zero attached hydrogens (tertiary/aromatic N) is 3. The average Bonchev–Trinajstić information content (AvgIpc) is 3.08. The monoisotopic (exact) mass is 328 g/mol. The molecule has 4 rings (SSSR count). The number of fused-ring (bicyclic) bond motifs is 1. The lowest BCUT2D eigenvalue weighted by atomic mass is 9.78. The molecule has 128 valence electrons. The first-order chi connectivity index (χ1) is 11.5. The van der Waals surface area contributed by atoms with Crippen LogP contribution in [0.1, 0.15) is 49.1 Å². The number of aryl methyl sites for hydroxylation is 2. The highest BCUT2D eigenvalue weighted by molar-refractivity contribution is 5.80. The van der Waals surface area contributed by atoms with Crippen molar-refractivity contribution in [2.75, 3.05) is 6.54 Å². The van der Waals surface area contributed by atoms with Gasteiger partial charge in [0.05, 0.1) is 6.42 Å². The smallest absolute Gasteiger partial charge is 0.266 e. The van der Waals surface area contributed by atoms with E-state index in [4.69, 9.17) is 0 Å². The first-order valence-electron chi connectivity index (χ1n) is 8.92. The van der Waals surface area contributed by atoms with Crippen molar-refractivity contribution in [3.8, 4) is 0 Å². The van der Waals surface area contributed by atoms with Crippen LogP contribution in [0.5, 0.6) is 0 Å². The fraction of sp³-hybridized carbons (Fsp3) is 0.611. The van der Waals surface area contributed by atoms with E-state index in [0.29, 0.717) is 24.0 Å². The van der Waals surface area contributed by atoms with Crippen LogP contribution in [-0.2, 0) is 11.2 Å². The zero-order chi connectivity index (χ0) is 16.8. The number of rotatable bonds is 3. The van der Waals surface area contributed by atoms with Gasteiger partial charge in [-0.15, -0.1) is 0 Å². The van der Waals surface area contributed by atoms with E-state index in [1.807, 2.05) is 13.8 Å². The van der Waals surface area contributed by atoms with Crippen LogP contribution in [0.4, 0.5) is 0 Å². The van der Waals surface area contributed by atoms with Crippen LogP contribution in [0.3, 0.4) is 0 Å². The van der Waals surface area contributed by atoms with Crippen LogP contribution in [0, 0.1) is 19.8 Å². The van der Waals surface area contributed by atoms with Crippen LogP contribution in [0.25, 0.3) is 5.65 Å². The Morgan fingerprint density at radius 3 is 2.79 bits per heavy atom. The highest BCUT2D eigenvalue weighted by Crippen LogP contribution is 2.37. The van der Waals surface area contributed by atoms with Gasteiger partial charge in [-0.05, 0) is 45.4 Å². The molecule has 1 saturated carbocycles. The lowest BCUT2D eigenvalue weighted by molar-refractivity contribution is -0.132. The van der Waals surface area contributed by atoms with Gasteiger partial charge in [-0.25, -0.2) is 9.50 Å². The molecule has 0 spiro atoms. The van der Waals surface area contributed by atoms with Crippen molar-refractivity contribution in [1.82, 2.24) is 19.5 Å². The van der Waals surface area contributed by atoms with Crippen LogP contribution in [0.2, 0.25) is 0 Å². The van der Waals surface area contributed by atoms with E-state index in [2.05, 4.69) is 15.0 Å². The zero-order valence-electron chi connectivity index (χ0n) is 14.3. The number of carbonyl (C=O) groups excluding carboxylic acids is 1. The van der Waals surface area contributed by atoms with Gasteiger partial charge in [-0.3, -0.25) is 14.7 Å². The van der Waals surface area contributed by atoms with Crippen LogP contribution >= 0.6 is 0 Å². The number of aromatic amines is 1. The Hall–Kier alpha value is -2.11. The van der Waals surface area contributed by atoms with Crippen molar-refractivity contribution in [3.63, 3.8) is 0 Å². The minimum Gasteiger partial charge on any atom is -0.339 e. The van der Waals surface area contributed by atoms with Gasteiger partial charge in [0.2, 0.25) is 5.91 Å². The third-order valence-electron chi connectivity index (χ3n) is 5.84. The summed E-state index contributed by atoms with van der Waals surface area (Å²) in [5.74, 6) is 0.909. The number of amides is 1. The number of carbonyl (C=O) groups is 1. The van der Waals surface area contributed by atoms with Gasteiger partial charge in [0, 0.05) is 35.6 Å². The molecule has 24 heavy (non-hydrogen) atoms. The maximum atomic E-state index is 12.9. The Kier molecular flexibility index (Phi) is 3.70.